The molecule has 3 nitrogen and oxygen atoms in total. The Morgan fingerprint density at radius 1 is 1.11 bits per heavy atom. The van der Waals surface area contributed by atoms with E-state index < -0.39 is 15.8 Å². The third-order valence-electron chi connectivity index (χ3n) is 2.52. The van der Waals surface area contributed by atoms with E-state index in [9.17, 15) is 12.8 Å². The van der Waals surface area contributed by atoms with Crippen molar-refractivity contribution in [1.82, 2.24) is 0 Å². The zero-order chi connectivity index (χ0) is 13.3. The highest BCUT2D eigenvalue weighted by atomic mass is 32.2. The van der Waals surface area contributed by atoms with Gasteiger partial charge >= 0.3 is 0 Å². The number of aryl methyl sites for hydroxylation is 1. The number of anilines is 1. The van der Waals surface area contributed by atoms with Gasteiger partial charge in [0.05, 0.1) is 5.69 Å². The highest BCUT2D eigenvalue weighted by Gasteiger charge is 2.22. The van der Waals surface area contributed by atoms with Crippen molar-refractivity contribution in [2.45, 2.75) is 11.1 Å². The summed E-state index contributed by atoms with van der Waals surface area (Å²) in [6.07, 6.45) is 0. The van der Waals surface area contributed by atoms with Crippen LogP contribution in [-0.4, -0.2) is 15.5 Å². The molecule has 2 rings (SSSR count). The average Bonchev–Trinajstić information content (AvgIpc) is 2.76. The molecule has 0 aliphatic carbocycles. The molecule has 1 aromatic heterocycles. The summed E-state index contributed by atoms with van der Waals surface area (Å²) in [4.78, 5) is 0.932. The summed E-state index contributed by atoms with van der Waals surface area (Å²) in [5.41, 5.74) is 0.433. The van der Waals surface area contributed by atoms with Gasteiger partial charge in [0, 0.05) is 11.9 Å². The molecule has 0 atom stereocenters. The molecule has 96 valence electrons. The molecule has 0 amide bonds. The topological polar surface area (TPSA) is 37.4 Å². The highest BCUT2D eigenvalue weighted by Crippen LogP contribution is 2.27. The zero-order valence-corrected chi connectivity index (χ0v) is 11.6. The van der Waals surface area contributed by atoms with E-state index in [1.165, 1.54) is 42.6 Å². The van der Waals surface area contributed by atoms with Crippen molar-refractivity contribution in [3.8, 4) is 0 Å². The quantitative estimate of drug-likeness (QED) is 0.869. The van der Waals surface area contributed by atoms with Crippen LogP contribution in [0.2, 0.25) is 0 Å². The summed E-state index contributed by atoms with van der Waals surface area (Å²) in [5, 5.41) is 0. The van der Waals surface area contributed by atoms with Crippen LogP contribution in [0.5, 0.6) is 0 Å². The van der Waals surface area contributed by atoms with Crippen molar-refractivity contribution in [1.29, 1.82) is 0 Å². The molecule has 0 aliphatic heterocycles. The number of rotatable bonds is 3. The lowest BCUT2D eigenvalue weighted by Gasteiger charge is -2.18. The van der Waals surface area contributed by atoms with Gasteiger partial charge in [0.2, 0.25) is 0 Å². The molecule has 0 radical (unpaired) electrons. The molecule has 6 heteroatoms. The number of sulfonamides is 1. The van der Waals surface area contributed by atoms with Gasteiger partial charge in [-0.25, -0.2) is 12.8 Å². The monoisotopic (exact) mass is 285 g/mol. The van der Waals surface area contributed by atoms with Gasteiger partial charge in [-0.05, 0) is 43.3 Å². The lowest BCUT2D eigenvalue weighted by atomic mass is 10.3. The summed E-state index contributed by atoms with van der Waals surface area (Å²) >= 11 is 1.22. The van der Waals surface area contributed by atoms with Crippen LogP contribution in [0, 0.1) is 12.7 Å². The van der Waals surface area contributed by atoms with Gasteiger partial charge in [-0.15, -0.1) is 11.3 Å². The fraction of sp³-hybridized carbons (Fsp3) is 0.167. The van der Waals surface area contributed by atoms with Crippen LogP contribution in [0.1, 0.15) is 4.88 Å². The van der Waals surface area contributed by atoms with Gasteiger partial charge in [-0.2, -0.15) is 0 Å². The van der Waals surface area contributed by atoms with Crippen LogP contribution in [0.4, 0.5) is 10.1 Å². The molecule has 0 unspecified atom stereocenters. The van der Waals surface area contributed by atoms with Crippen molar-refractivity contribution in [3.63, 3.8) is 0 Å². The van der Waals surface area contributed by atoms with Crippen LogP contribution in [0.15, 0.2) is 40.6 Å². The molecule has 0 N–H and O–H groups in total. The normalized spacial score (nSPS) is 11.5. The molecular formula is C12H12FNO2S2. The number of hydrogen-bond donors (Lipinski definition) is 0. The summed E-state index contributed by atoms with van der Waals surface area (Å²) in [6, 6.07) is 8.69. The van der Waals surface area contributed by atoms with Crippen LogP contribution in [0.3, 0.4) is 0 Å². The molecule has 0 saturated carbocycles. The third-order valence-corrected chi connectivity index (χ3v) is 5.77. The molecule has 2 aromatic rings. The molecular weight excluding hydrogens is 273 g/mol. The molecule has 18 heavy (non-hydrogen) atoms. The summed E-state index contributed by atoms with van der Waals surface area (Å²) in [6.45, 7) is 1.85. The Bertz CT molecular complexity index is 647. The SMILES string of the molecule is Cc1ccc(S(=O)(=O)N(C)c2ccc(F)cc2)s1. The first-order valence-corrected chi connectivity index (χ1v) is 7.48. The fourth-order valence-electron chi connectivity index (χ4n) is 1.48. The molecule has 0 aliphatic rings. The Hall–Kier alpha value is -1.40. The first-order valence-electron chi connectivity index (χ1n) is 5.22. The summed E-state index contributed by atoms with van der Waals surface area (Å²) < 4.78 is 38.8. The van der Waals surface area contributed by atoms with Crippen molar-refractivity contribution >= 4 is 27.0 Å². The second-order valence-electron chi connectivity index (χ2n) is 3.81. The molecule has 0 bridgehead atoms. The zero-order valence-electron chi connectivity index (χ0n) is 9.92. The maximum absolute atomic E-state index is 12.8. The Morgan fingerprint density at radius 2 is 1.72 bits per heavy atom. The van der Waals surface area contributed by atoms with Crippen LogP contribution in [-0.2, 0) is 10.0 Å². The van der Waals surface area contributed by atoms with Crippen molar-refractivity contribution in [3.05, 3.63) is 47.1 Å². The molecule has 0 saturated heterocycles. The molecule has 0 fully saturated rings. The van der Waals surface area contributed by atoms with Crippen LogP contribution >= 0.6 is 11.3 Å². The van der Waals surface area contributed by atoms with Gasteiger partial charge in [-0.1, -0.05) is 0 Å². The molecule has 1 aromatic carbocycles. The fourth-order valence-corrected chi connectivity index (χ4v) is 4.13. The second-order valence-corrected chi connectivity index (χ2v) is 7.30. The molecule has 1 heterocycles. The lowest BCUT2D eigenvalue weighted by molar-refractivity contribution is 0.596. The summed E-state index contributed by atoms with van der Waals surface area (Å²) in [5.74, 6) is -0.392. The van der Waals surface area contributed by atoms with E-state index in [-0.39, 0.29) is 4.21 Å². The maximum atomic E-state index is 12.8. The summed E-state index contributed by atoms with van der Waals surface area (Å²) in [7, 11) is -2.10. The van der Waals surface area contributed by atoms with Gasteiger partial charge in [0.25, 0.3) is 10.0 Å². The van der Waals surface area contributed by atoms with E-state index >= 15 is 0 Å². The molecule has 0 spiro atoms. The Kier molecular flexibility index (Phi) is 3.41. The third kappa shape index (κ3) is 2.39. The van der Waals surface area contributed by atoms with Crippen molar-refractivity contribution in [2.75, 3.05) is 11.4 Å². The first-order chi connectivity index (χ1) is 8.41. The van der Waals surface area contributed by atoms with Gasteiger partial charge in [-0.3, -0.25) is 4.31 Å². The second kappa shape index (κ2) is 4.70. The van der Waals surface area contributed by atoms with Gasteiger partial charge in [0.1, 0.15) is 10.0 Å². The smallest absolute Gasteiger partial charge is 0.269 e. The number of halogens is 1. The number of nitrogens with zero attached hydrogens (tertiary/aromatic N) is 1. The van der Waals surface area contributed by atoms with Gasteiger partial charge < -0.3 is 0 Å². The van der Waals surface area contributed by atoms with Crippen LogP contribution in [0.25, 0.3) is 0 Å². The van der Waals surface area contributed by atoms with Crippen LogP contribution < -0.4 is 4.31 Å². The van der Waals surface area contributed by atoms with Gasteiger partial charge in [0.15, 0.2) is 0 Å². The van der Waals surface area contributed by atoms with E-state index in [2.05, 4.69) is 0 Å². The number of thiophene rings is 1. The van der Waals surface area contributed by atoms with E-state index in [4.69, 9.17) is 0 Å². The van der Waals surface area contributed by atoms with E-state index in [0.717, 1.165) is 9.18 Å². The Labute approximate surface area is 110 Å². The minimum atomic E-state index is -3.55. The number of hydrogen-bond acceptors (Lipinski definition) is 3. The van der Waals surface area contributed by atoms with E-state index in [0.29, 0.717) is 5.69 Å². The van der Waals surface area contributed by atoms with E-state index in [1.54, 1.807) is 12.1 Å². The van der Waals surface area contributed by atoms with Crippen molar-refractivity contribution < 1.29 is 12.8 Å². The Morgan fingerprint density at radius 3 is 2.22 bits per heavy atom. The highest BCUT2D eigenvalue weighted by molar-refractivity contribution is 7.94. The predicted molar refractivity (Wildman–Crippen MR) is 71.0 cm³/mol. The minimum absolute atomic E-state index is 0.284. The minimum Gasteiger partial charge on any atom is -0.269 e. The van der Waals surface area contributed by atoms with E-state index in [1.807, 2.05) is 6.92 Å². The number of benzene rings is 1. The predicted octanol–water partition coefficient (Wildman–Crippen LogP) is 3.02. The maximum Gasteiger partial charge on any atom is 0.273 e. The largest absolute Gasteiger partial charge is 0.273 e. The van der Waals surface area contributed by atoms with Crippen molar-refractivity contribution in [2.24, 2.45) is 0 Å². The first kappa shape index (κ1) is 13.0. The standard InChI is InChI=1S/C12H12FNO2S2/c1-9-3-8-12(17-9)18(15,16)14(2)11-6-4-10(13)5-7-11/h3-8H,1-2H3. The average molecular weight is 285 g/mol. The lowest BCUT2D eigenvalue weighted by Crippen LogP contribution is -2.25. The Balaban J connectivity index is 2.39.